The molecule has 160 valence electrons. The summed E-state index contributed by atoms with van der Waals surface area (Å²) in [6.07, 6.45) is 7.56. The summed E-state index contributed by atoms with van der Waals surface area (Å²) in [5, 5.41) is 3.26. The van der Waals surface area contributed by atoms with Crippen molar-refractivity contribution in [3.8, 4) is 5.75 Å². The minimum Gasteiger partial charge on any atom is -0.497 e. The van der Waals surface area contributed by atoms with Gasteiger partial charge in [0.2, 0.25) is 11.8 Å². The van der Waals surface area contributed by atoms with E-state index in [2.05, 4.69) is 10.2 Å². The minimum absolute atomic E-state index is 0.123. The average molecular weight is 402 g/mol. The number of nitrogens with one attached hydrogen (secondary N) is 1. The second kappa shape index (κ2) is 10.6. The fraction of sp³-hybridized carbons (Fsp3) is 0.652. The molecule has 3 rings (SSSR count). The highest BCUT2D eigenvalue weighted by Crippen LogP contribution is 2.24. The van der Waals surface area contributed by atoms with Crippen molar-refractivity contribution in [1.82, 2.24) is 15.1 Å². The van der Waals surface area contributed by atoms with E-state index < -0.39 is 0 Å². The van der Waals surface area contributed by atoms with Crippen molar-refractivity contribution in [2.45, 2.75) is 57.5 Å². The Hall–Kier alpha value is -2.08. The van der Waals surface area contributed by atoms with Gasteiger partial charge in [-0.3, -0.25) is 14.5 Å². The molecule has 0 bridgehead atoms. The summed E-state index contributed by atoms with van der Waals surface area (Å²) in [7, 11) is 3.49. The lowest BCUT2D eigenvalue weighted by Crippen LogP contribution is -2.48. The maximum absolute atomic E-state index is 12.6. The first-order valence-electron chi connectivity index (χ1n) is 10.9. The van der Waals surface area contributed by atoms with Gasteiger partial charge in [-0.2, -0.15) is 0 Å². The summed E-state index contributed by atoms with van der Waals surface area (Å²) < 4.78 is 5.25. The van der Waals surface area contributed by atoms with Gasteiger partial charge in [0.05, 0.1) is 13.7 Å². The van der Waals surface area contributed by atoms with Gasteiger partial charge in [0.15, 0.2) is 0 Å². The van der Waals surface area contributed by atoms with Crippen LogP contribution in [-0.4, -0.2) is 61.4 Å². The van der Waals surface area contributed by atoms with Crippen molar-refractivity contribution >= 4 is 11.8 Å². The summed E-state index contributed by atoms with van der Waals surface area (Å²) in [6.45, 7) is 2.72. The third-order valence-corrected chi connectivity index (χ3v) is 6.25. The van der Waals surface area contributed by atoms with Gasteiger partial charge in [-0.1, -0.05) is 31.4 Å². The van der Waals surface area contributed by atoms with Crippen molar-refractivity contribution < 1.29 is 14.3 Å². The van der Waals surface area contributed by atoms with Crippen LogP contribution >= 0.6 is 0 Å². The van der Waals surface area contributed by atoms with E-state index in [1.165, 1.54) is 19.3 Å². The predicted octanol–water partition coefficient (Wildman–Crippen LogP) is 2.81. The molecular weight excluding hydrogens is 366 g/mol. The first-order valence-corrected chi connectivity index (χ1v) is 10.9. The van der Waals surface area contributed by atoms with Crippen LogP contribution in [0.4, 0.5) is 0 Å². The van der Waals surface area contributed by atoms with Crippen LogP contribution in [0.5, 0.6) is 5.75 Å². The molecule has 1 N–H and O–H groups in total. The molecule has 1 aromatic rings. The highest BCUT2D eigenvalue weighted by molar-refractivity contribution is 5.79. The number of ether oxygens (including phenoxy) is 1. The number of benzene rings is 1. The van der Waals surface area contributed by atoms with Gasteiger partial charge in [-0.05, 0) is 43.4 Å². The molecule has 1 aromatic carbocycles. The topological polar surface area (TPSA) is 61.9 Å². The molecule has 0 radical (unpaired) electrons. The number of likely N-dealkylation sites (tertiary alicyclic amines) is 1. The van der Waals surface area contributed by atoms with E-state index in [-0.39, 0.29) is 23.8 Å². The molecular formula is C23H35N3O3. The molecule has 2 aliphatic rings. The minimum atomic E-state index is 0.123. The lowest BCUT2D eigenvalue weighted by atomic mass is 9.88. The summed E-state index contributed by atoms with van der Waals surface area (Å²) in [6, 6.07) is 8.07. The normalized spacial score (nSPS) is 19.0. The lowest BCUT2D eigenvalue weighted by Gasteiger charge is -2.34. The van der Waals surface area contributed by atoms with Crippen LogP contribution in [0.2, 0.25) is 0 Å². The van der Waals surface area contributed by atoms with Crippen LogP contribution in [0.1, 0.15) is 50.5 Å². The number of carbonyl (C=O) groups excluding carboxylic acids is 2. The van der Waals surface area contributed by atoms with Gasteiger partial charge < -0.3 is 15.0 Å². The maximum atomic E-state index is 12.6. The molecule has 2 amide bonds. The van der Waals surface area contributed by atoms with E-state index >= 15 is 0 Å². The zero-order valence-electron chi connectivity index (χ0n) is 17.9. The Bertz CT molecular complexity index is 680. The Kier molecular flexibility index (Phi) is 7.92. The third-order valence-electron chi connectivity index (χ3n) is 6.25. The molecule has 0 atom stereocenters. The number of piperidine rings is 1. The summed E-state index contributed by atoms with van der Waals surface area (Å²) in [5.74, 6) is 1.39. The SMILES string of the molecule is COc1cccc(CN(C)C(=O)CN2CCC(NC(=O)C3CCCCC3)CC2)c1. The largest absolute Gasteiger partial charge is 0.497 e. The maximum Gasteiger partial charge on any atom is 0.236 e. The first kappa shape index (κ1) is 21.6. The number of rotatable bonds is 7. The average Bonchev–Trinajstić information content (AvgIpc) is 2.75. The van der Waals surface area contributed by atoms with Crippen LogP contribution in [0.15, 0.2) is 24.3 Å². The van der Waals surface area contributed by atoms with Crippen LogP contribution in [-0.2, 0) is 16.1 Å². The van der Waals surface area contributed by atoms with Gasteiger partial charge in [-0.15, -0.1) is 0 Å². The Morgan fingerprint density at radius 2 is 1.86 bits per heavy atom. The van der Waals surface area contributed by atoms with E-state index in [4.69, 9.17) is 4.74 Å². The van der Waals surface area contributed by atoms with E-state index in [9.17, 15) is 9.59 Å². The molecule has 29 heavy (non-hydrogen) atoms. The van der Waals surface area contributed by atoms with Gasteiger partial charge in [0.25, 0.3) is 0 Å². The third kappa shape index (κ3) is 6.46. The molecule has 1 aliphatic heterocycles. The van der Waals surface area contributed by atoms with E-state index in [0.717, 1.165) is 50.1 Å². The molecule has 2 fully saturated rings. The zero-order chi connectivity index (χ0) is 20.6. The Morgan fingerprint density at radius 3 is 2.55 bits per heavy atom. The second-order valence-corrected chi connectivity index (χ2v) is 8.50. The van der Waals surface area contributed by atoms with Crippen molar-refractivity contribution in [3.05, 3.63) is 29.8 Å². The van der Waals surface area contributed by atoms with Crippen molar-refractivity contribution in [1.29, 1.82) is 0 Å². The highest BCUT2D eigenvalue weighted by atomic mass is 16.5. The van der Waals surface area contributed by atoms with Gasteiger partial charge in [-0.25, -0.2) is 0 Å². The monoisotopic (exact) mass is 401 g/mol. The van der Waals surface area contributed by atoms with Crippen molar-refractivity contribution in [3.63, 3.8) is 0 Å². The van der Waals surface area contributed by atoms with Gasteiger partial charge in [0.1, 0.15) is 5.75 Å². The summed E-state index contributed by atoms with van der Waals surface area (Å²) >= 11 is 0. The molecule has 0 aromatic heterocycles. The molecule has 6 heteroatoms. The summed E-state index contributed by atoms with van der Waals surface area (Å²) in [5.41, 5.74) is 1.06. The first-order chi connectivity index (χ1) is 14.0. The molecule has 1 saturated carbocycles. The fourth-order valence-corrected chi connectivity index (χ4v) is 4.36. The quantitative estimate of drug-likeness (QED) is 0.763. The molecule has 1 saturated heterocycles. The number of methoxy groups -OCH3 is 1. The molecule has 0 spiro atoms. The van der Waals surface area contributed by atoms with Crippen LogP contribution < -0.4 is 10.1 Å². The van der Waals surface area contributed by atoms with E-state index in [1.54, 1.807) is 12.0 Å². The van der Waals surface area contributed by atoms with Gasteiger partial charge >= 0.3 is 0 Å². The lowest BCUT2D eigenvalue weighted by molar-refractivity contribution is -0.132. The number of amides is 2. The molecule has 1 heterocycles. The van der Waals surface area contributed by atoms with Crippen LogP contribution in [0, 0.1) is 5.92 Å². The van der Waals surface area contributed by atoms with Gasteiger partial charge in [0, 0.05) is 38.6 Å². The number of hydrogen-bond donors (Lipinski definition) is 1. The van der Waals surface area contributed by atoms with Crippen molar-refractivity contribution in [2.24, 2.45) is 5.92 Å². The fourth-order valence-electron chi connectivity index (χ4n) is 4.36. The highest BCUT2D eigenvalue weighted by Gasteiger charge is 2.26. The van der Waals surface area contributed by atoms with Crippen LogP contribution in [0.3, 0.4) is 0 Å². The smallest absolute Gasteiger partial charge is 0.236 e. The Labute approximate surface area is 174 Å². The number of likely N-dealkylation sites (N-methyl/N-ethyl adjacent to an activating group) is 1. The number of carbonyl (C=O) groups is 2. The molecule has 0 unspecified atom stereocenters. The van der Waals surface area contributed by atoms with Crippen LogP contribution in [0.25, 0.3) is 0 Å². The molecule has 1 aliphatic carbocycles. The van der Waals surface area contributed by atoms with Crippen molar-refractivity contribution in [2.75, 3.05) is 33.8 Å². The predicted molar refractivity (Wildman–Crippen MR) is 114 cm³/mol. The second-order valence-electron chi connectivity index (χ2n) is 8.50. The number of hydrogen-bond acceptors (Lipinski definition) is 4. The number of nitrogens with zero attached hydrogens (tertiary/aromatic N) is 2. The standard InChI is InChI=1S/C23H35N3O3/c1-25(16-18-7-6-10-21(15-18)29-2)22(27)17-26-13-11-20(12-14-26)24-23(28)19-8-4-3-5-9-19/h6-7,10,15,19-20H,3-5,8-9,11-14,16-17H2,1-2H3,(H,24,28). The Morgan fingerprint density at radius 1 is 1.14 bits per heavy atom. The Balaban J connectivity index is 1.39. The molecule has 6 nitrogen and oxygen atoms in total. The summed E-state index contributed by atoms with van der Waals surface area (Å²) in [4.78, 5) is 29.0. The van der Waals surface area contributed by atoms with E-state index in [1.807, 2.05) is 31.3 Å². The zero-order valence-corrected chi connectivity index (χ0v) is 17.9. The van der Waals surface area contributed by atoms with E-state index in [0.29, 0.717) is 13.1 Å².